The third-order valence-corrected chi connectivity index (χ3v) is 1.79. The van der Waals surface area contributed by atoms with E-state index in [4.69, 9.17) is 10.3 Å². The van der Waals surface area contributed by atoms with Gasteiger partial charge in [0, 0.05) is 6.54 Å². The molecule has 2 atom stereocenters. The second-order valence-electron chi connectivity index (χ2n) is 3.08. The summed E-state index contributed by atoms with van der Waals surface area (Å²) in [5.41, 5.74) is 5.55. The molecule has 0 saturated carbocycles. The summed E-state index contributed by atoms with van der Waals surface area (Å²) in [6.07, 6.45) is -0.812. The summed E-state index contributed by atoms with van der Waals surface area (Å²) in [4.78, 5) is 15.0. The third kappa shape index (κ3) is 2.74. The number of hydrogen-bond acceptors (Lipinski definition) is 6. The van der Waals surface area contributed by atoms with Crippen molar-refractivity contribution < 1.29 is 14.4 Å². The second-order valence-corrected chi connectivity index (χ2v) is 3.08. The minimum absolute atomic E-state index is 0.0475. The fraction of sp³-hybridized carbons (Fsp3) is 0.625. The quantitative estimate of drug-likeness (QED) is 0.604. The van der Waals surface area contributed by atoms with Crippen molar-refractivity contribution in [1.82, 2.24) is 15.5 Å². The van der Waals surface area contributed by atoms with Gasteiger partial charge >= 0.3 is 0 Å². The van der Waals surface area contributed by atoms with Crippen molar-refractivity contribution in [1.29, 1.82) is 0 Å². The first-order valence-electron chi connectivity index (χ1n) is 4.61. The van der Waals surface area contributed by atoms with Gasteiger partial charge in [-0.2, -0.15) is 4.98 Å². The zero-order chi connectivity index (χ0) is 11.4. The van der Waals surface area contributed by atoms with Crippen molar-refractivity contribution in [2.45, 2.75) is 26.0 Å². The Balaban J connectivity index is 2.76. The Bertz CT molecular complexity index is 336. The SMILES string of the molecule is CCNC(=O)c1noc([C@@H](N)[C@@H](C)O)n1. The lowest BCUT2D eigenvalue weighted by atomic mass is 10.2. The summed E-state index contributed by atoms with van der Waals surface area (Å²) in [6, 6.07) is -0.777. The number of nitrogens with two attached hydrogens (primary N) is 1. The molecular weight excluding hydrogens is 200 g/mol. The Morgan fingerprint density at radius 3 is 2.93 bits per heavy atom. The topological polar surface area (TPSA) is 114 Å². The molecule has 0 aromatic carbocycles. The van der Waals surface area contributed by atoms with Crippen LogP contribution in [0.1, 0.15) is 36.4 Å². The molecule has 15 heavy (non-hydrogen) atoms. The van der Waals surface area contributed by atoms with Crippen LogP contribution in [0.4, 0.5) is 0 Å². The van der Waals surface area contributed by atoms with E-state index in [9.17, 15) is 9.90 Å². The van der Waals surface area contributed by atoms with Crippen LogP contribution < -0.4 is 11.1 Å². The van der Waals surface area contributed by atoms with E-state index < -0.39 is 18.1 Å². The Morgan fingerprint density at radius 2 is 2.40 bits per heavy atom. The molecule has 0 saturated heterocycles. The highest BCUT2D eigenvalue weighted by molar-refractivity contribution is 5.90. The Labute approximate surface area is 86.7 Å². The zero-order valence-electron chi connectivity index (χ0n) is 8.60. The molecule has 0 bridgehead atoms. The summed E-state index contributed by atoms with van der Waals surface area (Å²) < 4.78 is 4.75. The molecule has 0 aliphatic carbocycles. The number of nitrogens with one attached hydrogen (secondary N) is 1. The van der Waals surface area contributed by atoms with Crippen molar-refractivity contribution in [3.63, 3.8) is 0 Å². The lowest BCUT2D eigenvalue weighted by Crippen LogP contribution is -2.25. The highest BCUT2D eigenvalue weighted by Crippen LogP contribution is 2.11. The summed E-state index contributed by atoms with van der Waals surface area (Å²) >= 11 is 0. The molecule has 4 N–H and O–H groups in total. The lowest BCUT2D eigenvalue weighted by Gasteiger charge is -2.08. The van der Waals surface area contributed by atoms with Crippen molar-refractivity contribution in [2.24, 2.45) is 5.73 Å². The van der Waals surface area contributed by atoms with Crippen LogP contribution in [0.2, 0.25) is 0 Å². The maximum absolute atomic E-state index is 11.3. The third-order valence-electron chi connectivity index (χ3n) is 1.79. The molecule has 1 amide bonds. The monoisotopic (exact) mass is 214 g/mol. The predicted molar refractivity (Wildman–Crippen MR) is 50.9 cm³/mol. The number of aromatic nitrogens is 2. The number of rotatable bonds is 4. The molecule has 0 radical (unpaired) electrons. The van der Waals surface area contributed by atoms with Gasteiger partial charge in [0.15, 0.2) is 0 Å². The van der Waals surface area contributed by atoms with Crippen LogP contribution in [0.3, 0.4) is 0 Å². The molecule has 0 aliphatic rings. The molecule has 1 aromatic heterocycles. The van der Waals surface area contributed by atoms with Crippen LogP contribution in [0, 0.1) is 0 Å². The van der Waals surface area contributed by atoms with Gasteiger partial charge in [0.1, 0.15) is 6.04 Å². The minimum Gasteiger partial charge on any atom is -0.391 e. The Kier molecular flexibility index (Phi) is 3.75. The molecule has 1 heterocycles. The van der Waals surface area contributed by atoms with Gasteiger partial charge in [-0.3, -0.25) is 4.79 Å². The van der Waals surface area contributed by atoms with Crippen LogP contribution in [0.5, 0.6) is 0 Å². The molecule has 0 fully saturated rings. The van der Waals surface area contributed by atoms with Gasteiger partial charge in [-0.05, 0) is 13.8 Å². The first-order chi connectivity index (χ1) is 7.06. The molecule has 1 aromatic rings. The van der Waals surface area contributed by atoms with E-state index in [2.05, 4.69) is 15.5 Å². The first-order valence-corrected chi connectivity index (χ1v) is 4.61. The van der Waals surface area contributed by atoms with Crippen molar-refractivity contribution in [3.05, 3.63) is 11.7 Å². The van der Waals surface area contributed by atoms with E-state index in [0.717, 1.165) is 0 Å². The average Bonchev–Trinajstić information content (AvgIpc) is 2.65. The van der Waals surface area contributed by atoms with Gasteiger partial charge < -0.3 is 20.7 Å². The van der Waals surface area contributed by atoms with Gasteiger partial charge in [0.2, 0.25) is 5.89 Å². The zero-order valence-corrected chi connectivity index (χ0v) is 8.60. The summed E-state index contributed by atoms with van der Waals surface area (Å²) in [7, 11) is 0. The average molecular weight is 214 g/mol. The molecule has 0 aliphatic heterocycles. The Hall–Kier alpha value is -1.47. The number of carbonyl (C=O) groups excluding carboxylic acids is 1. The van der Waals surface area contributed by atoms with E-state index >= 15 is 0 Å². The highest BCUT2D eigenvalue weighted by atomic mass is 16.5. The van der Waals surface area contributed by atoms with Crippen LogP contribution in [-0.4, -0.2) is 33.8 Å². The molecule has 7 heteroatoms. The van der Waals surface area contributed by atoms with Crippen molar-refractivity contribution in [2.75, 3.05) is 6.54 Å². The fourth-order valence-corrected chi connectivity index (χ4v) is 0.909. The largest absolute Gasteiger partial charge is 0.391 e. The number of aliphatic hydroxyl groups excluding tert-OH is 1. The number of hydrogen-bond donors (Lipinski definition) is 3. The maximum atomic E-state index is 11.3. The summed E-state index contributed by atoms with van der Waals surface area (Å²) in [5, 5.41) is 15.1. The second kappa shape index (κ2) is 4.85. The predicted octanol–water partition coefficient (Wildman–Crippen LogP) is -0.800. The molecule has 0 unspecified atom stereocenters. The molecular formula is C8H14N4O3. The summed E-state index contributed by atoms with van der Waals surface area (Å²) in [6.45, 7) is 3.76. The normalized spacial score (nSPS) is 14.7. The van der Waals surface area contributed by atoms with Crippen LogP contribution in [0.15, 0.2) is 4.52 Å². The molecule has 1 rings (SSSR count). The Morgan fingerprint density at radius 1 is 1.73 bits per heavy atom. The molecule has 84 valence electrons. The van der Waals surface area contributed by atoms with Gasteiger partial charge in [0.25, 0.3) is 11.7 Å². The maximum Gasteiger partial charge on any atom is 0.292 e. The highest BCUT2D eigenvalue weighted by Gasteiger charge is 2.21. The standard InChI is InChI=1S/C8H14N4O3/c1-3-10-7(14)6-11-8(15-12-6)5(9)4(2)13/h4-5,13H,3,9H2,1-2H3,(H,10,14)/t4-,5+/m1/s1. The minimum atomic E-state index is -0.812. The fourth-order valence-electron chi connectivity index (χ4n) is 0.909. The molecule has 0 spiro atoms. The number of carbonyl (C=O) groups is 1. The summed E-state index contributed by atoms with van der Waals surface area (Å²) in [5.74, 6) is -0.459. The van der Waals surface area contributed by atoms with E-state index in [1.54, 1.807) is 6.92 Å². The van der Waals surface area contributed by atoms with E-state index in [-0.39, 0.29) is 11.7 Å². The number of aliphatic hydroxyl groups is 1. The van der Waals surface area contributed by atoms with Crippen molar-refractivity contribution in [3.8, 4) is 0 Å². The number of amides is 1. The van der Waals surface area contributed by atoms with Gasteiger partial charge in [-0.15, -0.1) is 0 Å². The number of nitrogens with zero attached hydrogens (tertiary/aromatic N) is 2. The van der Waals surface area contributed by atoms with E-state index in [0.29, 0.717) is 6.54 Å². The molecule has 7 nitrogen and oxygen atoms in total. The smallest absolute Gasteiger partial charge is 0.292 e. The van der Waals surface area contributed by atoms with E-state index in [1.807, 2.05) is 0 Å². The van der Waals surface area contributed by atoms with Crippen LogP contribution in [-0.2, 0) is 0 Å². The lowest BCUT2D eigenvalue weighted by molar-refractivity contribution is 0.0942. The van der Waals surface area contributed by atoms with Gasteiger partial charge in [-0.25, -0.2) is 0 Å². The van der Waals surface area contributed by atoms with Crippen molar-refractivity contribution >= 4 is 5.91 Å². The first kappa shape index (κ1) is 11.6. The van der Waals surface area contributed by atoms with Gasteiger partial charge in [0.05, 0.1) is 6.10 Å². The van der Waals surface area contributed by atoms with Crippen LogP contribution >= 0.6 is 0 Å². The van der Waals surface area contributed by atoms with Gasteiger partial charge in [-0.1, -0.05) is 5.16 Å². The van der Waals surface area contributed by atoms with E-state index in [1.165, 1.54) is 6.92 Å². The van der Waals surface area contributed by atoms with Crippen LogP contribution in [0.25, 0.3) is 0 Å².